The fourth-order valence-corrected chi connectivity index (χ4v) is 2.49. The summed E-state index contributed by atoms with van der Waals surface area (Å²) in [7, 11) is 5.22. The Hall–Kier alpha value is -1.69. The van der Waals surface area contributed by atoms with E-state index in [-0.39, 0.29) is 0 Å². The lowest BCUT2D eigenvalue weighted by Crippen LogP contribution is -2.01. The first-order valence-electron chi connectivity index (χ1n) is 6.76. The number of hydrogen-bond donors (Lipinski definition) is 0. The van der Waals surface area contributed by atoms with Gasteiger partial charge in [0.1, 0.15) is 5.82 Å². The van der Waals surface area contributed by atoms with Crippen molar-refractivity contribution in [1.29, 1.82) is 0 Å². The van der Waals surface area contributed by atoms with Gasteiger partial charge in [-0.15, -0.1) is 0 Å². The molecule has 0 fully saturated rings. The standard InChI is InChI=1S/C15H21N3O2S/c1-18-15(16-14(17-18)7-8-21-4)10-11-5-6-12(19-2)13(9-11)20-3/h5-6,9H,7-8,10H2,1-4H3. The van der Waals surface area contributed by atoms with Gasteiger partial charge < -0.3 is 9.47 Å². The summed E-state index contributed by atoms with van der Waals surface area (Å²) in [6.45, 7) is 0. The third-order valence-electron chi connectivity index (χ3n) is 3.24. The summed E-state index contributed by atoms with van der Waals surface area (Å²) >= 11 is 1.80. The minimum absolute atomic E-state index is 0.725. The molecule has 0 unspecified atom stereocenters. The number of aryl methyl sites for hydroxylation is 2. The van der Waals surface area contributed by atoms with Gasteiger partial charge in [-0.3, -0.25) is 4.68 Å². The van der Waals surface area contributed by atoms with Crippen molar-refractivity contribution in [1.82, 2.24) is 14.8 Å². The molecule has 0 atom stereocenters. The third kappa shape index (κ3) is 3.91. The molecule has 1 heterocycles. The normalized spacial score (nSPS) is 10.7. The molecule has 1 aromatic heterocycles. The fourth-order valence-electron chi connectivity index (χ4n) is 2.10. The van der Waals surface area contributed by atoms with Crippen LogP contribution in [0.1, 0.15) is 17.2 Å². The van der Waals surface area contributed by atoms with Crippen molar-refractivity contribution in [2.45, 2.75) is 12.8 Å². The van der Waals surface area contributed by atoms with Crippen LogP contribution < -0.4 is 9.47 Å². The maximum Gasteiger partial charge on any atom is 0.161 e. The lowest BCUT2D eigenvalue weighted by molar-refractivity contribution is 0.354. The molecule has 5 nitrogen and oxygen atoms in total. The van der Waals surface area contributed by atoms with Gasteiger partial charge in [0.2, 0.25) is 0 Å². The van der Waals surface area contributed by atoms with Crippen molar-refractivity contribution in [3.05, 3.63) is 35.4 Å². The van der Waals surface area contributed by atoms with E-state index in [0.29, 0.717) is 0 Å². The summed E-state index contributed by atoms with van der Waals surface area (Å²) in [5.41, 5.74) is 1.12. The van der Waals surface area contributed by atoms with Crippen LogP contribution in [0.15, 0.2) is 18.2 Å². The summed E-state index contributed by atoms with van der Waals surface area (Å²) in [6.07, 6.45) is 3.72. The van der Waals surface area contributed by atoms with Gasteiger partial charge in [0.25, 0.3) is 0 Å². The van der Waals surface area contributed by atoms with Gasteiger partial charge >= 0.3 is 0 Å². The Balaban J connectivity index is 2.16. The monoisotopic (exact) mass is 307 g/mol. The molecule has 6 heteroatoms. The molecular weight excluding hydrogens is 286 g/mol. The van der Waals surface area contributed by atoms with Crippen LogP contribution >= 0.6 is 11.8 Å². The molecule has 114 valence electrons. The smallest absolute Gasteiger partial charge is 0.161 e. The van der Waals surface area contributed by atoms with Gasteiger partial charge in [-0.25, -0.2) is 4.98 Å². The van der Waals surface area contributed by atoms with Crippen LogP contribution in [-0.2, 0) is 19.9 Å². The number of rotatable bonds is 7. The van der Waals surface area contributed by atoms with Gasteiger partial charge in [-0.1, -0.05) is 6.07 Å². The molecule has 0 amide bonds. The highest BCUT2D eigenvalue weighted by Gasteiger charge is 2.10. The van der Waals surface area contributed by atoms with Crippen molar-refractivity contribution in [2.24, 2.45) is 7.05 Å². The number of benzene rings is 1. The van der Waals surface area contributed by atoms with E-state index >= 15 is 0 Å². The Morgan fingerprint density at radius 1 is 1.19 bits per heavy atom. The molecule has 0 saturated heterocycles. The molecule has 0 aliphatic heterocycles. The molecule has 0 aliphatic rings. The second-order valence-corrected chi connectivity index (χ2v) is 5.66. The van der Waals surface area contributed by atoms with E-state index in [2.05, 4.69) is 16.3 Å². The average Bonchev–Trinajstić information content (AvgIpc) is 2.85. The van der Waals surface area contributed by atoms with Crippen molar-refractivity contribution in [2.75, 3.05) is 26.2 Å². The number of methoxy groups -OCH3 is 2. The van der Waals surface area contributed by atoms with Crippen molar-refractivity contribution >= 4 is 11.8 Å². The Labute approximate surface area is 129 Å². The van der Waals surface area contributed by atoms with Crippen LogP contribution in [-0.4, -0.2) is 41.0 Å². The van der Waals surface area contributed by atoms with E-state index < -0.39 is 0 Å². The molecule has 0 radical (unpaired) electrons. The summed E-state index contributed by atoms with van der Waals surface area (Å²) in [4.78, 5) is 4.61. The third-order valence-corrected chi connectivity index (χ3v) is 3.85. The van der Waals surface area contributed by atoms with Crippen molar-refractivity contribution in [3.8, 4) is 11.5 Å². The molecule has 2 aromatic rings. The molecule has 0 bridgehead atoms. The van der Waals surface area contributed by atoms with Gasteiger partial charge in [-0.05, 0) is 24.0 Å². The zero-order valence-electron chi connectivity index (χ0n) is 12.9. The zero-order valence-corrected chi connectivity index (χ0v) is 13.7. The highest BCUT2D eigenvalue weighted by molar-refractivity contribution is 7.98. The summed E-state index contributed by atoms with van der Waals surface area (Å²) in [5, 5.41) is 4.46. The molecule has 1 aromatic carbocycles. The second-order valence-electron chi connectivity index (χ2n) is 4.68. The van der Waals surface area contributed by atoms with Crippen molar-refractivity contribution < 1.29 is 9.47 Å². The predicted molar refractivity (Wildman–Crippen MR) is 85.4 cm³/mol. The van der Waals surface area contributed by atoms with Crippen LogP contribution in [0.4, 0.5) is 0 Å². The molecule has 0 N–H and O–H groups in total. The highest BCUT2D eigenvalue weighted by atomic mass is 32.2. The first-order valence-corrected chi connectivity index (χ1v) is 8.16. The first-order chi connectivity index (χ1) is 10.2. The highest BCUT2D eigenvalue weighted by Crippen LogP contribution is 2.28. The Morgan fingerprint density at radius 2 is 1.95 bits per heavy atom. The number of hydrogen-bond acceptors (Lipinski definition) is 5. The van der Waals surface area contributed by atoms with Crippen LogP contribution in [0, 0.1) is 0 Å². The lowest BCUT2D eigenvalue weighted by atomic mass is 10.1. The van der Waals surface area contributed by atoms with E-state index in [1.165, 1.54) is 0 Å². The molecule has 0 aliphatic carbocycles. The molecule has 2 rings (SSSR count). The molecular formula is C15H21N3O2S. The SMILES string of the molecule is COc1ccc(Cc2nc(CCSC)nn2C)cc1OC. The van der Waals surface area contributed by atoms with E-state index in [1.54, 1.807) is 26.0 Å². The Bertz CT molecular complexity index is 599. The minimum atomic E-state index is 0.725. The van der Waals surface area contributed by atoms with Gasteiger partial charge in [0, 0.05) is 25.6 Å². The van der Waals surface area contributed by atoms with Crippen LogP contribution in [0.3, 0.4) is 0 Å². The number of aromatic nitrogens is 3. The van der Waals surface area contributed by atoms with Crippen LogP contribution in [0.2, 0.25) is 0 Å². The van der Waals surface area contributed by atoms with Gasteiger partial charge in [0.15, 0.2) is 17.3 Å². The van der Waals surface area contributed by atoms with Gasteiger partial charge in [0.05, 0.1) is 14.2 Å². The summed E-state index contributed by atoms with van der Waals surface area (Å²) in [5.74, 6) is 4.38. The molecule has 0 spiro atoms. The van der Waals surface area contributed by atoms with E-state index in [0.717, 1.165) is 47.3 Å². The predicted octanol–water partition coefficient (Wildman–Crippen LogP) is 2.33. The van der Waals surface area contributed by atoms with Crippen LogP contribution in [0.25, 0.3) is 0 Å². The Morgan fingerprint density at radius 3 is 2.62 bits per heavy atom. The zero-order chi connectivity index (χ0) is 15.2. The first kappa shape index (κ1) is 15.7. The number of thioether (sulfide) groups is 1. The fraction of sp³-hybridized carbons (Fsp3) is 0.467. The second kappa shape index (κ2) is 7.36. The molecule has 21 heavy (non-hydrogen) atoms. The summed E-state index contributed by atoms with van der Waals surface area (Å²) < 4.78 is 12.4. The lowest BCUT2D eigenvalue weighted by Gasteiger charge is -2.09. The quantitative estimate of drug-likeness (QED) is 0.786. The van der Waals surface area contributed by atoms with E-state index in [4.69, 9.17) is 9.47 Å². The van der Waals surface area contributed by atoms with Crippen molar-refractivity contribution in [3.63, 3.8) is 0 Å². The number of nitrogens with zero attached hydrogens (tertiary/aromatic N) is 3. The van der Waals surface area contributed by atoms with E-state index in [1.807, 2.05) is 29.9 Å². The maximum atomic E-state index is 5.33. The Kier molecular flexibility index (Phi) is 5.50. The molecule has 0 saturated carbocycles. The average molecular weight is 307 g/mol. The largest absolute Gasteiger partial charge is 0.493 e. The topological polar surface area (TPSA) is 49.2 Å². The maximum absolute atomic E-state index is 5.33. The summed E-state index contributed by atoms with van der Waals surface area (Å²) in [6, 6.07) is 5.92. The van der Waals surface area contributed by atoms with Gasteiger partial charge in [-0.2, -0.15) is 16.9 Å². The van der Waals surface area contributed by atoms with Crippen LogP contribution in [0.5, 0.6) is 11.5 Å². The van der Waals surface area contributed by atoms with E-state index in [9.17, 15) is 0 Å². The number of ether oxygens (including phenoxy) is 2. The minimum Gasteiger partial charge on any atom is -0.493 e.